The molecule has 3 fully saturated rings. The minimum atomic E-state index is -0.141. The van der Waals surface area contributed by atoms with E-state index in [2.05, 4.69) is 17.1 Å². The van der Waals surface area contributed by atoms with Crippen LogP contribution in [0, 0.1) is 13.8 Å². The van der Waals surface area contributed by atoms with E-state index in [0.29, 0.717) is 6.04 Å². The molecule has 2 spiro atoms. The third-order valence-corrected chi connectivity index (χ3v) is 6.31. The van der Waals surface area contributed by atoms with E-state index in [1.807, 2.05) is 39.0 Å². The second-order valence-electron chi connectivity index (χ2n) is 8.13. The molecule has 1 aromatic rings. The van der Waals surface area contributed by atoms with E-state index in [1.165, 1.54) is 0 Å². The summed E-state index contributed by atoms with van der Waals surface area (Å²) in [6, 6.07) is 6.29. The Balaban J connectivity index is 1.52. The van der Waals surface area contributed by atoms with Gasteiger partial charge in [0.2, 0.25) is 5.91 Å². The van der Waals surface area contributed by atoms with E-state index < -0.39 is 0 Å². The zero-order valence-corrected chi connectivity index (χ0v) is 15.2. The molecule has 0 bridgehead atoms. The molecule has 0 radical (unpaired) electrons. The van der Waals surface area contributed by atoms with Gasteiger partial charge in [-0.25, -0.2) is 0 Å². The largest absolute Gasteiger partial charge is 0.366 e. The van der Waals surface area contributed by atoms with Crippen LogP contribution in [0.4, 0.5) is 5.69 Å². The van der Waals surface area contributed by atoms with Crippen molar-refractivity contribution in [2.45, 2.75) is 76.7 Å². The van der Waals surface area contributed by atoms with Crippen molar-refractivity contribution in [2.75, 3.05) is 11.9 Å². The van der Waals surface area contributed by atoms with E-state index in [1.54, 1.807) is 0 Å². The minimum absolute atomic E-state index is 0.0157. The number of nitrogens with zero attached hydrogens (tertiary/aromatic N) is 1. The van der Waals surface area contributed by atoms with Crippen molar-refractivity contribution in [1.29, 1.82) is 0 Å². The second-order valence-corrected chi connectivity index (χ2v) is 8.13. The number of aryl methyl sites for hydroxylation is 2. The molecule has 1 N–H and O–H groups in total. The molecule has 130 valence electrons. The summed E-state index contributed by atoms with van der Waals surface area (Å²) in [6.45, 7) is 9.24. The maximum absolute atomic E-state index is 12.9. The lowest BCUT2D eigenvalue weighted by Crippen LogP contribution is -2.61. The van der Waals surface area contributed by atoms with E-state index >= 15 is 0 Å². The Bertz CT molecular complexity index is 656. The van der Waals surface area contributed by atoms with Gasteiger partial charge in [-0.1, -0.05) is 18.2 Å². The van der Waals surface area contributed by atoms with Crippen LogP contribution in [-0.2, 0) is 9.53 Å². The first-order chi connectivity index (χ1) is 11.4. The maximum atomic E-state index is 12.9. The van der Waals surface area contributed by atoms with Crippen LogP contribution in [0.1, 0.15) is 50.7 Å². The number of morpholine rings is 1. The van der Waals surface area contributed by atoms with Crippen molar-refractivity contribution in [3.05, 3.63) is 29.3 Å². The first kappa shape index (κ1) is 16.1. The van der Waals surface area contributed by atoms with Crippen LogP contribution in [0.2, 0.25) is 0 Å². The standard InChI is InChI=1S/C20H28N2O2/c1-13-6-5-7-14(2)17(13)21-18(23)15(3)22-12-19(8-9-19)24-20(10-11-20)16(22)4/h5-7,15-16H,8-12H2,1-4H3,(H,21,23). The van der Waals surface area contributed by atoms with Gasteiger partial charge in [-0.15, -0.1) is 0 Å². The van der Waals surface area contributed by atoms with E-state index in [9.17, 15) is 4.79 Å². The van der Waals surface area contributed by atoms with Crippen molar-refractivity contribution < 1.29 is 9.53 Å². The van der Waals surface area contributed by atoms with Crippen LogP contribution in [0.25, 0.3) is 0 Å². The lowest BCUT2D eigenvalue weighted by molar-refractivity contribution is -0.160. The average molecular weight is 328 g/mol. The highest BCUT2D eigenvalue weighted by molar-refractivity contribution is 5.96. The molecule has 1 saturated heterocycles. The summed E-state index contributed by atoms with van der Waals surface area (Å²) in [5, 5.41) is 3.17. The van der Waals surface area contributed by atoms with Crippen LogP contribution < -0.4 is 5.32 Å². The van der Waals surface area contributed by atoms with Crippen LogP contribution >= 0.6 is 0 Å². The zero-order valence-electron chi connectivity index (χ0n) is 15.2. The molecule has 2 atom stereocenters. The van der Waals surface area contributed by atoms with Crippen LogP contribution in [0.15, 0.2) is 18.2 Å². The first-order valence-corrected chi connectivity index (χ1v) is 9.19. The highest BCUT2D eigenvalue weighted by Crippen LogP contribution is 2.57. The van der Waals surface area contributed by atoms with Crippen LogP contribution in [-0.4, -0.2) is 40.6 Å². The molecule has 4 rings (SSSR count). The third kappa shape index (κ3) is 2.56. The second kappa shape index (κ2) is 5.30. The van der Waals surface area contributed by atoms with E-state index in [4.69, 9.17) is 4.74 Å². The summed E-state index contributed by atoms with van der Waals surface area (Å²) in [6.07, 6.45) is 4.56. The summed E-state index contributed by atoms with van der Waals surface area (Å²) in [4.78, 5) is 15.3. The monoisotopic (exact) mass is 328 g/mol. The fourth-order valence-corrected chi connectivity index (χ4v) is 4.23. The summed E-state index contributed by atoms with van der Waals surface area (Å²) in [5.74, 6) is 0.0905. The van der Waals surface area contributed by atoms with Crippen molar-refractivity contribution in [3.63, 3.8) is 0 Å². The highest BCUT2D eigenvalue weighted by atomic mass is 16.5. The molecule has 4 nitrogen and oxygen atoms in total. The molecule has 2 aliphatic carbocycles. The Morgan fingerprint density at radius 2 is 1.88 bits per heavy atom. The number of hydrogen-bond acceptors (Lipinski definition) is 3. The van der Waals surface area contributed by atoms with Gasteiger partial charge in [-0.3, -0.25) is 9.69 Å². The van der Waals surface area contributed by atoms with Crippen molar-refractivity contribution in [3.8, 4) is 0 Å². The number of hydrogen-bond donors (Lipinski definition) is 1. The lowest BCUT2D eigenvalue weighted by atomic mass is 10.0. The highest BCUT2D eigenvalue weighted by Gasteiger charge is 2.64. The molecule has 2 unspecified atom stereocenters. The number of nitrogens with one attached hydrogen (secondary N) is 1. The Morgan fingerprint density at radius 1 is 1.25 bits per heavy atom. The van der Waals surface area contributed by atoms with Crippen LogP contribution in [0.3, 0.4) is 0 Å². The molecular formula is C20H28N2O2. The molecule has 1 aliphatic heterocycles. The first-order valence-electron chi connectivity index (χ1n) is 9.19. The maximum Gasteiger partial charge on any atom is 0.241 e. The quantitative estimate of drug-likeness (QED) is 0.924. The fourth-order valence-electron chi connectivity index (χ4n) is 4.23. The summed E-state index contributed by atoms with van der Waals surface area (Å²) in [5.41, 5.74) is 3.24. The predicted octanol–water partition coefficient (Wildman–Crippen LogP) is 3.42. The molecule has 24 heavy (non-hydrogen) atoms. The van der Waals surface area contributed by atoms with Gasteiger partial charge in [0, 0.05) is 18.3 Å². The number of benzene rings is 1. The predicted molar refractivity (Wildman–Crippen MR) is 95.2 cm³/mol. The van der Waals surface area contributed by atoms with Crippen molar-refractivity contribution in [1.82, 2.24) is 4.90 Å². The summed E-state index contributed by atoms with van der Waals surface area (Å²) in [7, 11) is 0. The average Bonchev–Trinajstić information content (AvgIpc) is 3.46. The fraction of sp³-hybridized carbons (Fsp3) is 0.650. The van der Waals surface area contributed by atoms with Crippen molar-refractivity contribution >= 4 is 11.6 Å². The van der Waals surface area contributed by atoms with Gasteiger partial charge < -0.3 is 10.1 Å². The molecule has 0 aromatic heterocycles. The number of anilines is 1. The smallest absolute Gasteiger partial charge is 0.241 e. The Labute approximate surface area is 144 Å². The Kier molecular flexibility index (Phi) is 3.56. The molecule has 1 heterocycles. The van der Waals surface area contributed by atoms with Gasteiger partial charge >= 0.3 is 0 Å². The number of rotatable bonds is 3. The van der Waals surface area contributed by atoms with E-state index in [0.717, 1.165) is 49.0 Å². The van der Waals surface area contributed by atoms with Gasteiger partial charge in [-0.2, -0.15) is 0 Å². The van der Waals surface area contributed by atoms with Gasteiger partial charge in [0.25, 0.3) is 0 Å². The Hall–Kier alpha value is -1.39. The van der Waals surface area contributed by atoms with Crippen molar-refractivity contribution in [2.24, 2.45) is 0 Å². The Morgan fingerprint density at radius 3 is 2.42 bits per heavy atom. The minimum Gasteiger partial charge on any atom is -0.366 e. The van der Waals surface area contributed by atoms with Gasteiger partial charge in [-0.05, 0) is 64.5 Å². The number of amides is 1. The molecule has 1 aromatic carbocycles. The van der Waals surface area contributed by atoms with Gasteiger partial charge in [0.05, 0.1) is 17.2 Å². The van der Waals surface area contributed by atoms with E-state index in [-0.39, 0.29) is 23.2 Å². The zero-order chi connectivity index (χ0) is 17.1. The normalized spacial score (nSPS) is 27.9. The topological polar surface area (TPSA) is 41.6 Å². The number of para-hydroxylation sites is 1. The summed E-state index contributed by atoms with van der Waals surface area (Å²) < 4.78 is 6.44. The number of carbonyl (C=O) groups excluding carboxylic acids is 1. The molecular weight excluding hydrogens is 300 g/mol. The molecule has 3 aliphatic rings. The SMILES string of the molecule is Cc1cccc(C)c1NC(=O)C(C)N1CC2(CC2)OC2(CC2)C1C. The molecule has 2 saturated carbocycles. The van der Waals surface area contributed by atoms with Crippen LogP contribution in [0.5, 0.6) is 0 Å². The van der Waals surface area contributed by atoms with Gasteiger partial charge in [0.15, 0.2) is 0 Å². The van der Waals surface area contributed by atoms with Gasteiger partial charge in [0.1, 0.15) is 0 Å². The third-order valence-electron chi connectivity index (χ3n) is 6.31. The lowest BCUT2D eigenvalue weighted by Gasteiger charge is -2.46. The summed E-state index contributed by atoms with van der Waals surface area (Å²) >= 11 is 0. The molecule has 4 heteroatoms. The molecule has 1 amide bonds. The number of carbonyl (C=O) groups is 1. The number of ether oxygens (including phenoxy) is 1.